The normalized spacial score (nSPS) is 11.6. The average Bonchev–Trinajstić information content (AvgIpc) is 2.62. The van der Waals surface area contributed by atoms with Gasteiger partial charge in [-0.15, -0.1) is 0 Å². The van der Waals surface area contributed by atoms with Gasteiger partial charge in [-0.2, -0.15) is 0 Å². The topological polar surface area (TPSA) is 64.6 Å². The number of carbonyl (C=O) groups excluding carboxylic acids is 2. The first kappa shape index (κ1) is 19.6. The summed E-state index contributed by atoms with van der Waals surface area (Å²) in [5, 5.41) is 2.47. The fraction of sp³-hybridized carbons (Fsp3) is 0.176. The third-order valence-corrected chi connectivity index (χ3v) is 3.37. The van der Waals surface area contributed by atoms with E-state index in [0.717, 1.165) is 6.07 Å². The Labute approximate surface area is 151 Å². The molecule has 26 heavy (non-hydrogen) atoms. The summed E-state index contributed by atoms with van der Waals surface area (Å²) in [6.45, 7) is 0.648. The summed E-state index contributed by atoms with van der Waals surface area (Å²) in [5.41, 5.74) is -0.574. The molecule has 0 saturated carbocycles. The van der Waals surface area contributed by atoms with Gasteiger partial charge in [0.05, 0.1) is 5.69 Å². The summed E-state index contributed by atoms with van der Waals surface area (Å²) < 4.78 is 49.4. The second kappa shape index (κ2) is 8.57. The zero-order valence-corrected chi connectivity index (χ0v) is 14.1. The minimum atomic E-state index is -1.72. The predicted molar refractivity (Wildman–Crippen MR) is 87.4 cm³/mol. The van der Waals surface area contributed by atoms with Gasteiger partial charge in [0.25, 0.3) is 5.91 Å². The monoisotopic (exact) mass is 387 g/mol. The van der Waals surface area contributed by atoms with Crippen molar-refractivity contribution in [2.75, 3.05) is 11.9 Å². The second-order valence-electron chi connectivity index (χ2n) is 5.09. The molecule has 0 unspecified atom stereocenters. The standard InChI is InChI=1S/C17H13ClF3NO4/c1-9(26-11-4-2-10(18)3-5-11)17(24)25-8-14(23)22-13-7-6-12(19)15(20)16(13)21/h2-7,9H,8H2,1H3,(H,22,23)/t9-/m0/s1. The third-order valence-electron chi connectivity index (χ3n) is 3.11. The Hall–Kier alpha value is -2.74. The van der Waals surface area contributed by atoms with Crippen LogP contribution >= 0.6 is 11.6 Å². The Morgan fingerprint density at radius 2 is 1.73 bits per heavy atom. The van der Waals surface area contributed by atoms with Crippen LogP contribution in [-0.4, -0.2) is 24.6 Å². The molecule has 2 rings (SSSR count). The van der Waals surface area contributed by atoms with E-state index in [4.69, 9.17) is 21.1 Å². The molecule has 1 N–H and O–H groups in total. The first-order chi connectivity index (χ1) is 12.3. The van der Waals surface area contributed by atoms with E-state index in [1.54, 1.807) is 24.3 Å². The van der Waals surface area contributed by atoms with Crippen LogP contribution in [0, 0.1) is 17.5 Å². The molecule has 1 amide bonds. The van der Waals surface area contributed by atoms with E-state index in [1.807, 2.05) is 5.32 Å². The highest BCUT2D eigenvalue weighted by atomic mass is 35.5. The Kier molecular flexibility index (Phi) is 6.46. The Balaban J connectivity index is 1.85. The molecule has 0 aliphatic rings. The molecule has 0 fully saturated rings. The minimum absolute atomic E-state index is 0.368. The van der Waals surface area contributed by atoms with Crippen LogP contribution in [0.4, 0.5) is 18.9 Å². The van der Waals surface area contributed by atoms with Crippen molar-refractivity contribution in [2.45, 2.75) is 13.0 Å². The van der Waals surface area contributed by atoms with Gasteiger partial charge in [0.1, 0.15) is 5.75 Å². The summed E-state index contributed by atoms with van der Waals surface area (Å²) in [5.74, 6) is -6.07. The van der Waals surface area contributed by atoms with Crippen molar-refractivity contribution in [3.8, 4) is 5.75 Å². The number of nitrogens with one attached hydrogen (secondary N) is 1. The SMILES string of the molecule is C[C@H](Oc1ccc(Cl)cc1)C(=O)OCC(=O)Nc1ccc(F)c(F)c1F. The number of anilines is 1. The summed E-state index contributed by atoms with van der Waals surface area (Å²) in [6, 6.07) is 7.73. The van der Waals surface area contributed by atoms with Crippen molar-refractivity contribution in [1.82, 2.24) is 0 Å². The molecule has 0 aromatic heterocycles. The van der Waals surface area contributed by atoms with Crippen molar-refractivity contribution in [1.29, 1.82) is 0 Å². The summed E-state index contributed by atoms with van der Waals surface area (Å²) in [6.07, 6.45) is -1.02. The number of halogens is 4. The smallest absolute Gasteiger partial charge is 0.347 e. The quantitative estimate of drug-likeness (QED) is 0.606. The zero-order valence-electron chi connectivity index (χ0n) is 13.4. The Morgan fingerprint density at radius 1 is 1.08 bits per heavy atom. The summed E-state index contributed by atoms with van der Waals surface area (Å²) in [4.78, 5) is 23.5. The van der Waals surface area contributed by atoms with Gasteiger partial charge in [0.2, 0.25) is 0 Å². The van der Waals surface area contributed by atoms with Crippen molar-refractivity contribution in [3.63, 3.8) is 0 Å². The van der Waals surface area contributed by atoms with Crippen LogP contribution in [-0.2, 0) is 14.3 Å². The molecule has 138 valence electrons. The van der Waals surface area contributed by atoms with Crippen LogP contribution in [0.1, 0.15) is 6.92 Å². The van der Waals surface area contributed by atoms with E-state index in [1.165, 1.54) is 6.92 Å². The van der Waals surface area contributed by atoms with Crippen molar-refractivity contribution in [2.24, 2.45) is 0 Å². The van der Waals surface area contributed by atoms with Crippen molar-refractivity contribution >= 4 is 29.2 Å². The molecular weight excluding hydrogens is 375 g/mol. The number of hydrogen-bond acceptors (Lipinski definition) is 4. The van der Waals surface area contributed by atoms with Crippen LogP contribution < -0.4 is 10.1 Å². The Morgan fingerprint density at radius 3 is 2.38 bits per heavy atom. The first-order valence-electron chi connectivity index (χ1n) is 7.30. The highest BCUT2D eigenvalue weighted by molar-refractivity contribution is 6.30. The van der Waals surface area contributed by atoms with Crippen molar-refractivity contribution < 1.29 is 32.2 Å². The van der Waals surface area contributed by atoms with Crippen LogP contribution in [0.25, 0.3) is 0 Å². The van der Waals surface area contributed by atoms with E-state index in [2.05, 4.69) is 0 Å². The number of rotatable bonds is 6. The lowest BCUT2D eigenvalue weighted by atomic mass is 10.3. The first-order valence-corrected chi connectivity index (χ1v) is 7.68. The van der Waals surface area contributed by atoms with E-state index in [-0.39, 0.29) is 0 Å². The summed E-state index contributed by atoms with van der Waals surface area (Å²) >= 11 is 5.73. The molecule has 2 aromatic rings. The minimum Gasteiger partial charge on any atom is -0.479 e. The van der Waals surface area contributed by atoms with Crippen molar-refractivity contribution in [3.05, 3.63) is 58.9 Å². The van der Waals surface area contributed by atoms with E-state index < -0.39 is 47.7 Å². The highest BCUT2D eigenvalue weighted by Gasteiger charge is 2.19. The highest BCUT2D eigenvalue weighted by Crippen LogP contribution is 2.20. The molecule has 0 heterocycles. The number of benzene rings is 2. The second-order valence-corrected chi connectivity index (χ2v) is 5.53. The molecule has 0 aliphatic carbocycles. The summed E-state index contributed by atoms with van der Waals surface area (Å²) in [7, 11) is 0. The lowest BCUT2D eigenvalue weighted by molar-refractivity contribution is -0.153. The van der Waals surface area contributed by atoms with Gasteiger partial charge in [-0.3, -0.25) is 4.79 Å². The zero-order chi connectivity index (χ0) is 19.3. The van der Waals surface area contributed by atoms with Crippen LogP contribution in [0.2, 0.25) is 5.02 Å². The van der Waals surface area contributed by atoms with Gasteiger partial charge < -0.3 is 14.8 Å². The molecule has 5 nitrogen and oxygen atoms in total. The molecule has 0 saturated heterocycles. The molecule has 9 heteroatoms. The van der Waals surface area contributed by atoms with Gasteiger partial charge >= 0.3 is 5.97 Å². The van der Waals surface area contributed by atoms with E-state index in [0.29, 0.717) is 16.8 Å². The van der Waals surface area contributed by atoms with Crippen LogP contribution in [0.3, 0.4) is 0 Å². The fourth-order valence-corrected chi connectivity index (χ4v) is 1.95. The number of esters is 1. The molecule has 1 atom stereocenters. The lowest BCUT2D eigenvalue weighted by Gasteiger charge is -2.14. The van der Waals surface area contributed by atoms with E-state index >= 15 is 0 Å². The van der Waals surface area contributed by atoms with Crippen LogP contribution in [0.15, 0.2) is 36.4 Å². The van der Waals surface area contributed by atoms with Gasteiger partial charge in [-0.1, -0.05) is 11.6 Å². The molecule has 0 bridgehead atoms. The number of ether oxygens (including phenoxy) is 2. The number of amides is 1. The third kappa shape index (κ3) is 5.13. The largest absolute Gasteiger partial charge is 0.479 e. The fourth-order valence-electron chi connectivity index (χ4n) is 1.83. The maximum atomic E-state index is 13.5. The van der Waals surface area contributed by atoms with Gasteiger partial charge in [0.15, 0.2) is 30.2 Å². The predicted octanol–water partition coefficient (Wildman–Crippen LogP) is 3.71. The van der Waals surface area contributed by atoms with E-state index in [9.17, 15) is 22.8 Å². The maximum absolute atomic E-state index is 13.5. The number of hydrogen-bond donors (Lipinski definition) is 1. The average molecular weight is 388 g/mol. The van der Waals surface area contributed by atoms with Crippen LogP contribution in [0.5, 0.6) is 5.75 Å². The number of carbonyl (C=O) groups is 2. The molecule has 0 aliphatic heterocycles. The lowest BCUT2D eigenvalue weighted by Crippen LogP contribution is -2.30. The molecule has 0 radical (unpaired) electrons. The Bertz CT molecular complexity index is 814. The molecule has 2 aromatic carbocycles. The van der Waals surface area contributed by atoms with Gasteiger partial charge in [-0.05, 0) is 43.3 Å². The molecular formula is C17H13ClF3NO4. The maximum Gasteiger partial charge on any atom is 0.347 e. The van der Waals surface area contributed by atoms with Gasteiger partial charge in [-0.25, -0.2) is 18.0 Å². The van der Waals surface area contributed by atoms with Gasteiger partial charge in [0, 0.05) is 5.02 Å². The molecule has 0 spiro atoms.